The van der Waals surface area contributed by atoms with Crippen molar-refractivity contribution in [1.29, 1.82) is 0 Å². The number of halogens is 1. The van der Waals surface area contributed by atoms with Crippen LogP contribution >= 0.6 is 22.6 Å². The standard InChI is InChI=1S/C20H29I/c1-2-15-3-5-16(6-4-15)17-7-9-18(10-8-17)19-11-13-20(21)14-12-19/h3-6,17-20H,2,7-14H2,1H3. The summed E-state index contributed by atoms with van der Waals surface area (Å²) in [6.45, 7) is 2.24. The molecule has 0 amide bonds. The smallest absolute Gasteiger partial charge is 0.0110 e. The van der Waals surface area contributed by atoms with Gasteiger partial charge in [0.05, 0.1) is 0 Å². The summed E-state index contributed by atoms with van der Waals surface area (Å²) in [5.41, 5.74) is 3.07. The number of rotatable bonds is 3. The first kappa shape index (κ1) is 15.8. The van der Waals surface area contributed by atoms with Gasteiger partial charge in [0.25, 0.3) is 0 Å². The van der Waals surface area contributed by atoms with Crippen molar-refractivity contribution in [3.8, 4) is 0 Å². The van der Waals surface area contributed by atoms with Crippen LogP contribution in [0.5, 0.6) is 0 Å². The Balaban J connectivity index is 1.52. The number of alkyl halides is 1. The Morgan fingerprint density at radius 1 is 0.810 bits per heavy atom. The van der Waals surface area contributed by atoms with Crippen molar-refractivity contribution in [1.82, 2.24) is 0 Å². The number of hydrogen-bond donors (Lipinski definition) is 0. The summed E-state index contributed by atoms with van der Waals surface area (Å²) >= 11 is 2.65. The maximum absolute atomic E-state index is 2.65. The lowest BCUT2D eigenvalue weighted by atomic mass is 9.70. The average Bonchev–Trinajstić information content (AvgIpc) is 2.56. The molecule has 0 bridgehead atoms. The second kappa shape index (κ2) is 7.48. The lowest BCUT2D eigenvalue weighted by molar-refractivity contribution is 0.190. The average molecular weight is 396 g/mol. The molecule has 2 saturated carbocycles. The van der Waals surface area contributed by atoms with Crippen LogP contribution in [0.25, 0.3) is 0 Å². The Kier molecular flexibility index (Phi) is 5.64. The first-order chi connectivity index (χ1) is 10.3. The van der Waals surface area contributed by atoms with E-state index in [1.54, 1.807) is 5.56 Å². The fourth-order valence-corrected chi connectivity index (χ4v) is 5.22. The molecule has 0 aliphatic heterocycles. The van der Waals surface area contributed by atoms with E-state index in [1.807, 2.05) is 0 Å². The monoisotopic (exact) mass is 396 g/mol. The van der Waals surface area contributed by atoms with E-state index in [1.165, 1.54) is 56.9 Å². The van der Waals surface area contributed by atoms with Crippen molar-refractivity contribution >= 4 is 22.6 Å². The maximum Gasteiger partial charge on any atom is 0.0110 e. The molecule has 2 aliphatic carbocycles. The van der Waals surface area contributed by atoms with Gasteiger partial charge in [-0.15, -0.1) is 0 Å². The normalized spacial score (nSPS) is 33.8. The summed E-state index contributed by atoms with van der Waals surface area (Å²) in [4.78, 5) is 0. The lowest BCUT2D eigenvalue weighted by Gasteiger charge is -2.37. The molecule has 0 N–H and O–H groups in total. The van der Waals surface area contributed by atoms with Crippen LogP contribution in [0.4, 0.5) is 0 Å². The van der Waals surface area contributed by atoms with Gasteiger partial charge >= 0.3 is 0 Å². The zero-order valence-corrected chi connectivity index (χ0v) is 15.5. The third kappa shape index (κ3) is 4.03. The van der Waals surface area contributed by atoms with Gasteiger partial charge < -0.3 is 0 Å². The Bertz CT molecular complexity index is 420. The molecule has 3 rings (SSSR count). The van der Waals surface area contributed by atoms with E-state index in [0.29, 0.717) is 0 Å². The van der Waals surface area contributed by atoms with Gasteiger partial charge in [-0.2, -0.15) is 0 Å². The van der Waals surface area contributed by atoms with Crippen LogP contribution in [0.15, 0.2) is 24.3 Å². The van der Waals surface area contributed by atoms with Gasteiger partial charge in [0.1, 0.15) is 0 Å². The molecule has 21 heavy (non-hydrogen) atoms. The van der Waals surface area contributed by atoms with Crippen LogP contribution in [0.1, 0.15) is 75.3 Å². The summed E-state index contributed by atoms with van der Waals surface area (Å²) in [6, 6.07) is 9.46. The molecule has 0 unspecified atom stereocenters. The van der Waals surface area contributed by atoms with Gasteiger partial charge in [0.15, 0.2) is 0 Å². The van der Waals surface area contributed by atoms with Crippen LogP contribution in [0, 0.1) is 11.8 Å². The summed E-state index contributed by atoms with van der Waals surface area (Å²) < 4.78 is 0.965. The Hall–Kier alpha value is -0.0500. The quantitative estimate of drug-likeness (QED) is 0.403. The van der Waals surface area contributed by atoms with E-state index in [-0.39, 0.29) is 0 Å². The first-order valence-electron chi connectivity index (χ1n) is 8.99. The highest BCUT2D eigenvalue weighted by Gasteiger charge is 2.30. The van der Waals surface area contributed by atoms with Gasteiger partial charge in [-0.3, -0.25) is 0 Å². The van der Waals surface area contributed by atoms with Crippen LogP contribution in [-0.2, 0) is 6.42 Å². The zero-order chi connectivity index (χ0) is 14.7. The van der Waals surface area contributed by atoms with Gasteiger partial charge in [0.2, 0.25) is 0 Å². The molecule has 0 atom stereocenters. The third-order valence-corrected chi connectivity index (χ3v) is 7.24. The number of hydrogen-bond acceptors (Lipinski definition) is 0. The molecule has 2 fully saturated rings. The van der Waals surface area contributed by atoms with Gasteiger partial charge in [-0.1, -0.05) is 53.8 Å². The van der Waals surface area contributed by atoms with Crippen LogP contribution in [0.3, 0.4) is 0 Å². The summed E-state index contributed by atoms with van der Waals surface area (Å²) in [5, 5.41) is 0. The molecule has 0 heterocycles. The molecular weight excluding hydrogens is 367 g/mol. The molecule has 116 valence electrons. The molecule has 0 radical (unpaired) electrons. The second-order valence-electron chi connectivity index (χ2n) is 7.22. The minimum Gasteiger partial charge on any atom is -0.0826 e. The minimum atomic E-state index is 0.841. The van der Waals surface area contributed by atoms with E-state index < -0.39 is 0 Å². The van der Waals surface area contributed by atoms with Crippen molar-refractivity contribution in [3.63, 3.8) is 0 Å². The van der Waals surface area contributed by atoms with Crippen molar-refractivity contribution in [3.05, 3.63) is 35.4 Å². The molecular formula is C20H29I. The summed E-state index contributed by atoms with van der Waals surface area (Å²) in [7, 11) is 0. The fraction of sp³-hybridized carbons (Fsp3) is 0.700. The second-order valence-corrected chi connectivity index (χ2v) is 8.98. The highest BCUT2D eigenvalue weighted by atomic mass is 127. The van der Waals surface area contributed by atoms with E-state index in [9.17, 15) is 0 Å². The van der Waals surface area contributed by atoms with Crippen LogP contribution < -0.4 is 0 Å². The van der Waals surface area contributed by atoms with E-state index in [4.69, 9.17) is 0 Å². The topological polar surface area (TPSA) is 0 Å². The Morgan fingerprint density at radius 3 is 1.86 bits per heavy atom. The van der Waals surface area contributed by atoms with E-state index >= 15 is 0 Å². The first-order valence-corrected chi connectivity index (χ1v) is 10.2. The van der Waals surface area contributed by atoms with Crippen molar-refractivity contribution < 1.29 is 0 Å². The van der Waals surface area contributed by atoms with E-state index in [2.05, 4.69) is 53.8 Å². The molecule has 0 spiro atoms. The van der Waals surface area contributed by atoms with Gasteiger partial charge in [0, 0.05) is 3.92 Å². The van der Waals surface area contributed by atoms with E-state index in [0.717, 1.165) is 28.1 Å². The van der Waals surface area contributed by atoms with Crippen molar-refractivity contribution in [2.75, 3.05) is 0 Å². The molecule has 1 aromatic carbocycles. The molecule has 1 aromatic rings. The van der Waals surface area contributed by atoms with Crippen molar-refractivity contribution in [2.24, 2.45) is 11.8 Å². The molecule has 0 nitrogen and oxygen atoms in total. The minimum absolute atomic E-state index is 0.841. The third-order valence-electron chi connectivity index (χ3n) is 6.00. The summed E-state index contributed by atoms with van der Waals surface area (Å²) in [5.74, 6) is 2.94. The molecule has 1 heteroatoms. The summed E-state index contributed by atoms with van der Waals surface area (Å²) in [6.07, 6.45) is 13.0. The lowest BCUT2D eigenvalue weighted by Crippen LogP contribution is -2.25. The number of aryl methyl sites for hydroxylation is 1. The van der Waals surface area contributed by atoms with Crippen LogP contribution in [0.2, 0.25) is 0 Å². The number of benzene rings is 1. The largest absolute Gasteiger partial charge is 0.0826 e. The van der Waals surface area contributed by atoms with Gasteiger partial charge in [-0.25, -0.2) is 0 Å². The predicted molar refractivity (Wildman–Crippen MR) is 100 cm³/mol. The predicted octanol–water partition coefficient (Wildman–Crippen LogP) is 6.52. The van der Waals surface area contributed by atoms with Crippen molar-refractivity contribution in [2.45, 2.75) is 74.6 Å². The maximum atomic E-state index is 2.65. The Morgan fingerprint density at radius 2 is 1.33 bits per heavy atom. The highest BCUT2D eigenvalue weighted by Crippen LogP contribution is 2.43. The molecule has 0 aromatic heterocycles. The van der Waals surface area contributed by atoms with Crippen LogP contribution in [-0.4, -0.2) is 3.92 Å². The zero-order valence-electron chi connectivity index (χ0n) is 13.4. The molecule has 2 aliphatic rings. The van der Waals surface area contributed by atoms with Gasteiger partial charge in [-0.05, 0) is 86.7 Å². The Labute approximate surface area is 144 Å². The SMILES string of the molecule is CCc1ccc(C2CCC(C3CCC(I)CC3)CC2)cc1. The fourth-order valence-electron chi connectivity index (χ4n) is 4.50. The molecule has 0 saturated heterocycles. The highest BCUT2D eigenvalue weighted by molar-refractivity contribution is 14.1.